The maximum Gasteiger partial charge on any atom is 0.415 e. The smallest absolute Gasteiger partial charge is 0.415 e. The summed E-state index contributed by atoms with van der Waals surface area (Å²) in [5, 5.41) is 0. The first-order chi connectivity index (χ1) is 14.8. The van der Waals surface area contributed by atoms with Gasteiger partial charge < -0.3 is 4.74 Å². The van der Waals surface area contributed by atoms with Crippen LogP contribution >= 0.6 is 0 Å². The summed E-state index contributed by atoms with van der Waals surface area (Å²) in [6, 6.07) is 19.0. The average Bonchev–Trinajstić information content (AvgIpc) is 2.73. The van der Waals surface area contributed by atoms with Crippen LogP contribution in [-0.4, -0.2) is 16.6 Å². The number of benzene rings is 2. The van der Waals surface area contributed by atoms with Gasteiger partial charge in [-0.25, -0.2) is 4.79 Å². The predicted molar refractivity (Wildman–Crippen MR) is 127 cm³/mol. The van der Waals surface area contributed by atoms with Crippen LogP contribution in [0.3, 0.4) is 0 Å². The topological polar surface area (TPSA) is 29.5 Å². The second kappa shape index (κ2) is 8.53. The summed E-state index contributed by atoms with van der Waals surface area (Å²) in [5.41, 5.74) is 3.70. The molecular formula is C28H35NO2. The van der Waals surface area contributed by atoms with Gasteiger partial charge in [-0.1, -0.05) is 73.9 Å². The van der Waals surface area contributed by atoms with E-state index in [0.717, 1.165) is 25.0 Å². The summed E-state index contributed by atoms with van der Waals surface area (Å²) < 4.78 is 5.99. The van der Waals surface area contributed by atoms with Crippen LogP contribution in [0.25, 0.3) is 6.08 Å². The van der Waals surface area contributed by atoms with Gasteiger partial charge in [-0.15, -0.1) is 0 Å². The Labute approximate surface area is 187 Å². The van der Waals surface area contributed by atoms with Gasteiger partial charge in [0.15, 0.2) is 0 Å². The van der Waals surface area contributed by atoms with Gasteiger partial charge in [-0.05, 0) is 69.2 Å². The zero-order valence-corrected chi connectivity index (χ0v) is 19.4. The number of amides is 1. The van der Waals surface area contributed by atoms with Gasteiger partial charge in [0.25, 0.3) is 0 Å². The fraction of sp³-hybridized carbons (Fsp3) is 0.464. The normalized spacial score (nSPS) is 21.9. The highest BCUT2D eigenvalue weighted by Gasteiger charge is 2.46. The van der Waals surface area contributed by atoms with Crippen molar-refractivity contribution in [3.63, 3.8) is 0 Å². The first-order valence-electron chi connectivity index (χ1n) is 11.7. The van der Waals surface area contributed by atoms with Gasteiger partial charge in [-0.3, -0.25) is 4.90 Å². The van der Waals surface area contributed by atoms with E-state index in [2.05, 4.69) is 61.5 Å². The van der Waals surface area contributed by atoms with Crippen molar-refractivity contribution in [3.8, 4) is 0 Å². The highest BCUT2D eigenvalue weighted by molar-refractivity contribution is 5.77. The minimum Gasteiger partial charge on any atom is -0.443 e. The van der Waals surface area contributed by atoms with E-state index in [1.807, 2.05) is 31.7 Å². The van der Waals surface area contributed by atoms with E-state index in [1.54, 1.807) is 0 Å². The summed E-state index contributed by atoms with van der Waals surface area (Å²) in [4.78, 5) is 15.7. The Bertz CT molecular complexity index is 950. The molecule has 1 saturated carbocycles. The second-order valence-corrected chi connectivity index (χ2v) is 10.2. The van der Waals surface area contributed by atoms with Gasteiger partial charge in [0.2, 0.25) is 0 Å². The number of hydrogen-bond donors (Lipinski definition) is 0. The molecule has 2 aromatic rings. The number of carbonyl (C=O) groups is 1. The molecule has 1 fully saturated rings. The summed E-state index contributed by atoms with van der Waals surface area (Å²) >= 11 is 0. The Morgan fingerprint density at radius 2 is 1.65 bits per heavy atom. The van der Waals surface area contributed by atoms with E-state index in [9.17, 15) is 4.79 Å². The van der Waals surface area contributed by atoms with E-state index in [4.69, 9.17) is 4.74 Å². The number of ether oxygens (including phenoxy) is 1. The quantitative estimate of drug-likeness (QED) is 0.524. The molecule has 0 saturated heterocycles. The number of hydrogen-bond acceptors (Lipinski definition) is 2. The number of nitrogens with zero attached hydrogens (tertiary/aromatic N) is 1. The number of rotatable bonds is 3. The average molecular weight is 418 g/mol. The number of allylic oxidation sites excluding steroid dienone is 1. The third-order valence-corrected chi connectivity index (χ3v) is 6.59. The molecule has 1 aliphatic carbocycles. The van der Waals surface area contributed by atoms with Crippen molar-refractivity contribution < 1.29 is 9.53 Å². The Kier molecular flexibility index (Phi) is 5.96. The first-order valence-corrected chi connectivity index (χ1v) is 11.7. The van der Waals surface area contributed by atoms with Gasteiger partial charge >= 0.3 is 6.09 Å². The molecule has 4 rings (SSSR count). The predicted octanol–water partition coefficient (Wildman–Crippen LogP) is 7.32. The van der Waals surface area contributed by atoms with Crippen molar-refractivity contribution in [2.24, 2.45) is 5.92 Å². The minimum absolute atomic E-state index is 0.239. The summed E-state index contributed by atoms with van der Waals surface area (Å²) in [6.07, 6.45) is 8.76. The second-order valence-electron chi connectivity index (χ2n) is 10.2. The maximum atomic E-state index is 13.7. The molecule has 0 radical (unpaired) electrons. The van der Waals surface area contributed by atoms with Crippen LogP contribution < -0.4 is 0 Å². The molecular weight excluding hydrogens is 382 g/mol. The third kappa shape index (κ3) is 4.56. The largest absolute Gasteiger partial charge is 0.443 e. The fourth-order valence-corrected chi connectivity index (χ4v) is 5.22. The van der Waals surface area contributed by atoms with Crippen LogP contribution in [0.5, 0.6) is 0 Å². The molecule has 1 atom stereocenters. The van der Waals surface area contributed by atoms with Crippen molar-refractivity contribution >= 4 is 12.2 Å². The van der Waals surface area contributed by atoms with Crippen molar-refractivity contribution in [2.75, 3.05) is 0 Å². The molecule has 164 valence electrons. The van der Waals surface area contributed by atoms with Crippen molar-refractivity contribution in [3.05, 3.63) is 77.0 Å². The lowest BCUT2D eigenvalue weighted by molar-refractivity contribution is 0.00504. The molecule has 0 N–H and O–H groups in total. The lowest BCUT2D eigenvalue weighted by Gasteiger charge is -2.48. The standard InChI is InChI=1S/C28H35NO2/c1-27(2,3)31-26(30)29-25(22-15-9-6-10-16-22)19-23-17-11-12-18-24(23)28(29,4)20-21-13-7-5-8-14-21/h5,7-8,11-14,17-19,22H,6,9-10,15-16,20H2,1-4H3. The first kappa shape index (κ1) is 21.7. The Balaban J connectivity index is 1.85. The lowest BCUT2D eigenvalue weighted by atomic mass is 9.75. The van der Waals surface area contributed by atoms with Crippen LogP contribution in [0.4, 0.5) is 4.79 Å². The third-order valence-electron chi connectivity index (χ3n) is 6.59. The zero-order chi connectivity index (χ0) is 22.1. The number of carbonyl (C=O) groups excluding carboxylic acids is 1. The lowest BCUT2D eigenvalue weighted by Crippen LogP contribution is -2.53. The molecule has 31 heavy (non-hydrogen) atoms. The monoisotopic (exact) mass is 417 g/mol. The molecule has 3 heteroatoms. The molecule has 2 aromatic carbocycles. The van der Waals surface area contributed by atoms with Crippen LogP contribution in [-0.2, 0) is 16.7 Å². The summed E-state index contributed by atoms with van der Waals surface area (Å²) in [6.45, 7) is 8.04. The van der Waals surface area contributed by atoms with Crippen molar-refractivity contribution in [2.45, 2.75) is 77.4 Å². The van der Waals surface area contributed by atoms with Gasteiger partial charge in [0.1, 0.15) is 5.60 Å². The maximum absolute atomic E-state index is 13.7. The summed E-state index contributed by atoms with van der Waals surface area (Å²) in [7, 11) is 0. The van der Waals surface area contributed by atoms with Crippen LogP contribution in [0.2, 0.25) is 0 Å². The number of fused-ring (bicyclic) bond motifs is 1. The van der Waals surface area contributed by atoms with E-state index in [1.165, 1.54) is 36.0 Å². The summed E-state index contributed by atoms with van der Waals surface area (Å²) in [5.74, 6) is 0.393. The Hall–Kier alpha value is -2.55. The van der Waals surface area contributed by atoms with E-state index < -0.39 is 11.1 Å². The molecule has 0 spiro atoms. The Morgan fingerprint density at radius 1 is 1.00 bits per heavy atom. The van der Waals surface area contributed by atoms with Crippen LogP contribution in [0.1, 0.15) is 76.5 Å². The zero-order valence-electron chi connectivity index (χ0n) is 19.4. The molecule has 0 aromatic heterocycles. The highest BCUT2D eigenvalue weighted by atomic mass is 16.6. The molecule has 1 heterocycles. The highest BCUT2D eigenvalue weighted by Crippen LogP contribution is 2.46. The van der Waals surface area contributed by atoms with Crippen molar-refractivity contribution in [1.29, 1.82) is 0 Å². The van der Waals surface area contributed by atoms with E-state index in [-0.39, 0.29) is 6.09 Å². The molecule has 1 amide bonds. The molecule has 2 aliphatic rings. The van der Waals surface area contributed by atoms with E-state index in [0.29, 0.717) is 5.92 Å². The molecule has 3 nitrogen and oxygen atoms in total. The van der Waals surface area contributed by atoms with Gasteiger partial charge in [0.05, 0.1) is 5.54 Å². The van der Waals surface area contributed by atoms with Crippen molar-refractivity contribution in [1.82, 2.24) is 4.90 Å². The van der Waals surface area contributed by atoms with Crippen LogP contribution in [0.15, 0.2) is 60.3 Å². The van der Waals surface area contributed by atoms with E-state index >= 15 is 0 Å². The molecule has 1 unspecified atom stereocenters. The molecule has 0 bridgehead atoms. The van der Waals surface area contributed by atoms with Crippen LogP contribution in [0, 0.1) is 5.92 Å². The Morgan fingerprint density at radius 3 is 2.32 bits per heavy atom. The molecule has 1 aliphatic heterocycles. The van der Waals surface area contributed by atoms with Gasteiger partial charge in [0, 0.05) is 12.1 Å². The SMILES string of the molecule is CC(C)(C)OC(=O)N1C(C2CCCCC2)=Cc2ccccc2C1(C)Cc1ccccc1. The fourth-order valence-electron chi connectivity index (χ4n) is 5.22. The minimum atomic E-state index is -0.542. The van der Waals surface area contributed by atoms with Gasteiger partial charge in [-0.2, -0.15) is 0 Å².